The molecule has 0 bridgehead atoms. The zero-order chi connectivity index (χ0) is 28.3. The van der Waals surface area contributed by atoms with Crippen molar-refractivity contribution in [2.24, 2.45) is 4.99 Å². The predicted molar refractivity (Wildman–Crippen MR) is 176 cm³/mol. The number of hydrogen-bond acceptors (Lipinski definition) is 1. The third kappa shape index (κ3) is 3.89. The Morgan fingerprint density at radius 3 is 2.39 bits per heavy atom. The summed E-state index contributed by atoms with van der Waals surface area (Å²) < 4.78 is 2.45. The maximum atomic E-state index is 4.87. The molecule has 1 aromatic heterocycles. The van der Waals surface area contributed by atoms with Gasteiger partial charge in [-0.1, -0.05) is 105 Å². The minimum atomic E-state index is -0.0677. The van der Waals surface area contributed by atoms with E-state index in [2.05, 4.69) is 124 Å². The second-order valence-electron chi connectivity index (χ2n) is 11.8. The molecule has 0 fully saturated rings. The van der Waals surface area contributed by atoms with Crippen LogP contribution in [0.2, 0.25) is 0 Å². The monoisotopic (exact) mass is 530 g/mol. The van der Waals surface area contributed by atoms with Crippen LogP contribution in [-0.2, 0) is 12.0 Å². The molecule has 2 aliphatic carbocycles. The van der Waals surface area contributed by atoms with Gasteiger partial charge < -0.3 is 4.57 Å². The highest BCUT2D eigenvalue weighted by Crippen LogP contribution is 2.52. The third-order valence-corrected chi connectivity index (χ3v) is 8.96. The quantitative estimate of drug-likeness (QED) is 0.220. The van der Waals surface area contributed by atoms with E-state index in [0.717, 1.165) is 17.0 Å². The van der Waals surface area contributed by atoms with Gasteiger partial charge >= 0.3 is 0 Å². The van der Waals surface area contributed by atoms with E-state index in [1.54, 1.807) is 0 Å². The van der Waals surface area contributed by atoms with Crippen LogP contribution in [0.1, 0.15) is 48.6 Å². The number of aliphatic imine (C=N–C) groups is 1. The van der Waals surface area contributed by atoms with Crippen molar-refractivity contribution >= 4 is 38.7 Å². The molecule has 0 radical (unpaired) electrons. The Morgan fingerprint density at radius 2 is 1.56 bits per heavy atom. The number of hydrogen-bond donors (Lipinski definition) is 0. The molecular weight excluding hydrogens is 496 g/mol. The highest BCUT2D eigenvalue weighted by atomic mass is 15.0. The molecule has 200 valence electrons. The molecule has 0 amide bonds. The molecule has 0 N–H and O–H groups in total. The molecule has 41 heavy (non-hydrogen) atoms. The van der Waals surface area contributed by atoms with Crippen LogP contribution in [0.25, 0.3) is 38.6 Å². The van der Waals surface area contributed by atoms with Crippen LogP contribution in [0.5, 0.6) is 0 Å². The topological polar surface area (TPSA) is 17.3 Å². The van der Waals surface area contributed by atoms with Gasteiger partial charge in [-0.05, 0) is 82.7 Å². The number of para-hydroxylation sites is 1. The molecule has 0 unspecified atom stereocenters. The Morgan fingerprint density at radius 1 is 0.780 bits per heavy atom. The van der Waals surface area contributed by atoms with Crippen LogP contribution < -0.4 is 0 Å². The third-order valence-electron chi connectivity index (χ3n) is 8.96. The SMILES string of the molecule is C=C1C=CC=CC1=NCc1cccc(-n2c3ccccc3c3ccc(C4=C(C)c5ccccc5C4(C)C)c(C)c32)c1. The van der Waals surface area contributed by atoms with E-state index in [1.807, 2.05) is 24.3 Å². The molecule has 2 nitrogen and oxygen atoms in total. The minimum absolute atomic E-state index is 0.0677. The van der Waals surface area contributed by atoms with Crippen molar-refractivity contribution < 1.29 is 0 Å². The fourth-order valence-corrected chi connectivity index (χ4v) is 7.03. The van der Waals surface area contributed by atoms with E-state index in [1.165, 1.54) is 60.8 Å². The van der Waals surface area contributed by atoms with Crippen molar-refractivity contribution in [2.45, 2.75) is 39.7 Å². The van der Waals surface area contributed by atoms with Crippen LogP contribution in [0, 0.1) is 6.92 Å². The number of aryl methyl sites for hydroxylation is 1. The molecule has 7 rings (SSSR count). The molecule has 0 atom stereocenters. The summed E-state index contributed by atoms with van der Waals surface area (Å²) in [5.74, 6) is 0. The zero-order valence-corrected chi connectivity index (χ0v) is 24.2. The van der Waals surface area contributed by atoms with E-state index in [-0.39, 0.29) is 5.41 Å². The molecule has 2 heteroatoms. The fraction of sp³-hybridized carbons (Fsp3) is 0.154. The lowest BCUT2D eigenvalue weighted by molar-refractivity contribution is 0.703. The van der Waals surface area contributed by atoms with Crippen LogP contribution in [0.3, 0.4) is 0 Å². The second-order valence-corrected chi connectivity index (χ2v) is 11.8. The number of aromatic nitrogens is 1. The maximum absolute atomic E-state index is 4.87. The van der Waals surface area contributed by atoms with Crippen molar-refractivity contribution in [3.8, 4) is 5.69 Å². The molecule has 0 spiro atoms. The molecule has 0 saturated heterocycles. The van der Waals surface area contributed by atoms with Gasteiger partial charge in [0.25, 0.3) is 0 Å². The normalized spacial score (nSPS) is 16.9. The van der Waals surface area contributed by atoms with Crippen molar-refractivity contribution in [3.63, 3.8) is 0 Å². The number of fused-ring (bicyclic) bond motifs is 4. The largest absolute Gasteiger partial charge is 0.309 e. The maximum Gasteiger partial charge on any atom is 0.0647 e. The van der Waals surface area contributed by atoms with Gasteiger partial charge in [0.05, 0.1) is 23.3 Å². The summed E-state index contributed by atoms with van der Waals surface area (Å²) in [7, 11) is 0. The van der Waals surface area contributed by atoms with Crippen molar-refractivity contribution in [3.05, 3.63) is 149 Å². The lowest BCUT2D eigenvalue weighted by atomic mass is 9.77. The average molecular weight is 531 g/mol. The first kappa shape index (κ1) is 25.3. The zero-order valence-electron chi connectivity index (χ0n) is 24.2. The van der Waals surface area contributed by atoms with Crippen molar-refractivity contribution in [2.75, 3.05) is 0 Å². The van der Waals surface area contributed by atoms with Gasteiger partial charge in [-0.15, -0.1) is 0 Å². The summed E-state index contributed by atoms with van der Waals surface area (Å²) in [6.07, 6.45) is 8.06. The highest BCUT2D eigenvalue weighted by Gasteiger charge is 2.37. The van der Waals surface area contributed by atoms with Crippen LogP contribution in [0.15, 0.2) is 126 Å². The number of nitrogens with zero attached hydrogens (tertiary/aromatic N) is 2. The average Bonchev–Trinajstić information content (AvgIpc) is 3.43. The van der Waals surface area contributed by atoms with Crippen LogP contribution >= 0.6 is 0 Å². The molecule has 0 aliphatic heterocycles. The Labute approximate surface area is 242 Å². The summed E-state index contributed by atoms with van der Waals surface area (Å²) >= 11 is 0. The van der Waals surface area contributed by atoms with E-state index in [0.29, 0.717) is 6.54 Å². The van der Waals surface area contributed by atoms with Gasteiger partial charge in [0.2, 0.25) is 0 Å². The van der Waals surface area contributed by atoms with Crippen molar-refractivity contribution in [1.29, 1.82) is 0 Å². The first-order valence-electron chi connectivity index (χ1n) is 14.4. The van der Waals surface area contributed by atoms with E-state index in [9.17, 15) is 0 Å². The lowest BCUT2D eigenvalue weighted by Crippen LogP contribution is -2.17. The van der Waals surface area contributed by atoms with E-state index < -0.39 is 0 Å². The lowest BCUT2D eigenvalue weighted by Gasteiger charge is -2.27. The first-order valence-corrected chi connectivity index (χ1v) is 14.4. The molecule has 1 heterocycles. The van der Waals surface area contributed by atoms with E-state index in [4.69, 9.17) is 4.99 Å². The molecule has 2 aliphatic rings. The van der Waals surface area contributed by atoms with Gasteiger partial charge in [0, 0.05) is 21.9 Å². The summed E-state index contributed by atoms with van der Waals surface area (Å²) in [5.41, 5.74) is 14.9. The van der Waals surface area contributed by atoms with E-state index >= 15 is 0 Å². The van der Waals surface area contributed by atoms with Gasteiger partial charge in [0.15, 0.2) is 0 Å². The Hall–Kier alpha value is -4.69. The summed E-state index contributed by atoms with van der Waals surface area (Å²) in [6, 6.07) is 31.2. The molecule has 0 saturated carbocycles. The van der Waals surface area contributed by atoms with Gasteiger partial charge in [0.1, 0.15) is 0 Å². The first-order chi connectivity index (χ1) is 19.9. The fourth-order valence-electron chi connectivity index (χ4n) is 7.03. The Bertz CT molecular complexity index is 2020. The second kappa shape index (κ2) is 9.45. The minimum Gasteiger partial charge on any atom is -0.309 e. The van der Waals surface area contributed by atoms with Crippen molar-refractivity contribution in [1.82, 2.24) is 4.57 Å². The Kier molecular flexibility index (Phi) is 5.83. The number of rotatable bonds is 4. The summed E-state index contributed by atoms with van der Waals surface area (Å²) in [6.45, 7) is 14.1. The van der Waals surface area contributed by atoms with Gasteiger partial charge in [-0.3, -0.25) is 4.99 Å². The van der Waals surface area contributed by atoms with Crippen LogP contribution in [-0.4, -0.2) is 10.3 Å². The molecular formula is C39H34N2. The van der Waals surface area contributed by atoms with Gasteiger partial charge in [-0.2, -0.15) is 0 Å². The van der Waals surface area contributed by atoms with Gasteiger partial charge in [-0.25, -0.2) is 0 Å². The molecule has 4 aromatic carbocycles. The number of allylic oxidation sites excluding steroid dienone is 7. The number of benzene rings is 4. The highest BCUT2D eigenvalue weighted by molar-refractivity contribution is 6.13. The smallest absolute Gasteiger partial charge is 0.0647 e. The Balaban J connectivity index is 1.42. The molecule has 5 aromatic rings. The van der Waals surface area contributed by atoms with Crippen LogP contribution in [0.4, 0.5) is 0 Å². The summed E-state index contributed by atoms with van der Waals surface area (Å²) in [5, 5.41) is 2.56. The summed E-state index contributed by atoms with van der Waals surface area (Å²) in [4.78, 5) is 4.87. The standard InChI is InChI=1S/C39H34N2/c1-25-13-6-10-19-35(25)40-24-28-14-12-15-29(23-28)41-36-20-11-8-17-32(36)33-22-21-31(27(3)38(33)41)37-26(2)30-16-7-9-18-34(30)39(37,4)5/h6-23H,1,24H2,2-5H3. The predicted octanol–water partition coefficient (Wildman–Crippen LogP) is 9.94.